The summed E-state index contributed by atoms with van der Waals surface area (Å²) in [6.45, 7) is 0.232. The molecule has 0 bridgehead atoms. The summed E-state index contributed by atoms with van der Waals surface area (Å²) in [5.74, 6) is -0.870. The number of benzene rings is 3. The number of hydrogen-bond acceptors (Lipinski definition) is 3. The van der Waals surface area contributed by atoms with Crippen LogP contribution in [0.25, 0.3) is 11.1 Å². The van der Waals surface area contributed by atoms with Crippen LogP contribution in [-0.4, -0.2) is 24.4 Å². The molecule has 3 aromatic rings. The lowest BCUT2D eigenvalue weighted by Crippen LogP contribution is -2.48. The van der Waals surface area contributed by atoms with Gasteiger partial charge in [0.15, 0.2) is 0 Å². The van der Waals surface area contributed by atoms with Crippen molar-refractivity contribution in [1.29, 1.82) is 0 Å². The number of nitrogens with zero attached hydrogens (tertiary/aromatic N) is 1. The van der Waals surface area contributed by atoms with Gasteiger partial charge in [-0.2, -0.15) is 0 Å². The molecule has 1 amide bonds. The van der Waals surface area contributed by atoms with Crippen LogP contribution in [0.4, 0.5) is 19.3 Å². The number of anilines is 1. The first-order valence-corrected chi connectivity index (χ1v) is 9.75. The fraction of sp³-hybridized carbons (Fsp3) is 0.208. The molecular weight excluding hydrogens is 388 g/mol. The predicted molar refractivity (Wildman–Crippen MR) is 110 cm³/mol. The summed E-state index contributed by atoms with van der Waals surface area (Å²) in [4.78, 5) is 14.4. The van der Waals surface area contributed by atoms with Crippen molar-refractivity contribution in [3.8, 4) is 11.1 Å². The van der Waals surface area contributed by atoms with E-state index in [-0.39, 0.29) is 12.2 Å². The van der Waals surface area contributed by atoms with Crippen LogP contribution in [0.15, 0.2) is 72.8 Å². The number of halogens is 2. The van der Waals surface area contributed by atoms with Gasteiger partial charge in [-0.25, -0.2) is 13.6 Å². The molecule has 3 aromatic carbocycles. The van der Waals surface area contributed by atoms with Crippen LogP contribution in [-0.2, 0) is 10.3 Å². The third-order valence-corrected chi connectivity index (χ3v) is 5.47. The number of aliphatic hydroxyl groups excluding tert-OH is 1. The second kappa shape index (κ2) is 8.24. The Morgan fingerprint density at radius 1 is 1.00 bits per heavy atom. The first-order chi connectivity index (χ1) is 14.5. The standard InChI is InChI=1S/C24H21F2NO3/c25-19-8-6-17(7-9-19)21-16-20(10-11-22(21)26)27-14-12-24(13-15-28,30-23(27)29)18-4-2-1-3-5-18/h1-11,16,28H,12-15H2/t24-/m0/s1. The Morgan fingerprint density at radius 2 is 1.73 bits per heavy atom. The average Bonchev–Trinajstić information content (AvgIpc) is 2.76. The van der Waals surface area contributed by atoms with E-state index in [1.807, 2.05) is 30.3 Å². The molecule has 1 atom stereocenters. The Labute approximate surface area is 173 Å². The summed E-state index contributed by atoms with van der Waals surface area (Å²) < 4.78 is 33.5. The number of ether oxygens (including phenoxy) is 1. The Balaban J connectivity index is 1.63. The van der Waals surface area contributed by atoms with Gasteiger partial charge in [0, 0.05) is 37.2 Å². The van der Waals surface area contributed by atoms with E-state index in [9.17, 15) is 18.7 Å². The van der Waals surface area contributed by atoms with E-state index in [0.29, 0.717) is 30.6 Å². The molecule has 1 aliphatic heterocycles. The zero-order valence-corrected chi connectivity index (χ0v) is 16.2. The minimum atomic E-state index is -0.899. The lowest BCUT2D eigenvalue weighted by atomic mass is 9.86. The van der Waals surface area contributed by atoms with Crippen molar-refractivity contribution in [2.45, 2.75) is 18.4 Å². The van der Waals surface area contributed by atoms with Crippen LogP contribution in [0, 0.1) is 11.6 Å². The normalized spacial score (nSPS) is 18.9. The maximum atomic E-state index is 14.4. The van der Waals surface area contributed by atoms with Crippen molar-refractivity contribution in [2.75, 3.05) is 18.1 Å². The lowest BCUT2D eigenvalue weighted by Gasteiger charge is -2.41. The van der Waals surface area contributed by atoms with Crippen LogP contribution in [0.2, 0.25) is 0 Å². The Bertz CT molecular complexity index is 1040. The maximum absolute atomic E-state index is 14.4. The minimum Gasteiger partial charge on any atom is -0.437 e. The third kappa shape index (κ3) is 3.78. The van der Waals surface area contributed by atoms with Gasteiger partial charge in [0.05, 0.1) is 0 Å². The Hall–Kier alpha value is -3.25. The molecule has 30 heavy (non-hydrogen) atoms. The molecule has 0 aliphatic carbocycles. The molecule has 154 valence electrons. The first kappa shape index (κ1) is 20.0. The van der Waals surface area contributed by atoms with Crippen LogP contribution >= 0.6 is 0 Å². The van der Waals surface area contributed by atoms with Crippen LogP contribution in [0.5, 0.6) is 0 Å². The summed E-state index contributed by atoms with van der Waals surface area (Å²) in [6.07, 6.45) is 0.211. The molecule has 0 radical (unpaired) electrons. The molecule has 4 rings (SSSR count). The molecular formula is C24H21F2NO3. The summed E-state index contributed by atoms with van der Waals surface area (Å²) in [6, 6.07) is 19.2. The van der Waals surface area contributed by atoms with Gasteiger partial charge in [-0.1, -0.05) is 42.5 Å². The largest absolute Gasteiger partial charge is 0.437 e. The van der Waals surface area contributed by atoms with Crippen molar-refractivity contribution in [3.63, 3.8) is 0 Å². The van der Waals surface area contributed by atoms with E-state index in [2.05, 4.69) is 0 Å². The van der Waals surface area contributed by atoms with Gasteiger partial charge in [0.25, 0.3) is 0 Å². The smallest absolute Gasteiger partial charge is 0.415 e. The summed E-state index contributed by atoms with van der Waals surface area (Å²) in [5, 5.41) is 9.55. The highest BCUT2D eigenvalue weighted by atomic mass is 19.1. The minimum absolute atomic E-state index is 0.118. The van der Waals surface area contributed by atoms with Crippen LogP contribution < -0.4 is 4.90 Å². The molecule has 1 aliphatic rings. The van der Waals surface area contributed by atoms with E-state index in [0.717, 1.165) is 5.56 Å². The summed E-state index contributed by atoms with van der Waals surface area (Å²) in [7, 11) is 0. The molecule has 1 N–H and O–H groups in total. The lowest BCUT2D eigenvalue weighted by molar-refractivity contribution is -0.0257. The number of hydrogen-bond donors (Lipinski definition) is 1. The van der Waals surface area contributed by atoms with Crippen LogP contribution in [0.1, 0.15) is 18.4 Å². The Morgan fingerprint density at radius 3 is 2.40 bits per heavy atom. The molecule has 6 heteroatoms. The highest BCUT2D eigenvalue weighted by Gasteiger charge is 2.42. The van der Waals surface area contributed by atoms with Gasteiger partial charge in [-0.05, 0) is 41.5 Å². The average molecular weight is 409 g/mol. The van der Waals surface area contributed by atoms with Gasteiger partial charge in [0.1, 0.15) is 17.2 Å². The molecule has 0 unspecified atom stereocenters. The van der Waals surface area contributed by atoms with Crippen molar-refractivity contribution >= 4 is 11.8 Å². The fourth-order valence-corrected chi connectivity index (χ4v) is 3.87. The van der Waals surface area contributed by atoms with Crippen molar-refractivity contribution in [1.82, 2.24) is 0 Å². The molecule has 0 aromatic heterocycles. The third-order valence-electron chi connectivity index (χ3n) is 5.47. The van der Waals surface area contributed by atoms with Crippen LogP contribution in [0.3, 0.4) is 0 Å². The quantitative estimate of drug-likeness (QED) is 0.626. The maximum Gasteiger partial charge on any atom is 0.415 e. The second-order valence-corrected chi connectivity index (χ2v) is 7.27. The molecule has 4 nitrogen and oxygen atoms in total. The van der Waals surface area contributed by atoms with Crippen molar-refractivity contribution < 1.29 is 23.4 Å². The van der Waals surface area contributed by atoms with E-state index < -0.39 is 23.3 Å². The SMILES string of the molecule is O=C1O[C@@](CCO)(c2ccccc2)CCN1c1ccc(F)c(-c2ccc(F)cc2)c1. The molecule has 1 saturated heterocycles. The van der Waals surface area contributed by atoms with E-state index >= 15 is 0 Å². The zero-order chi connectivity index (χ0) is 21.1. The number of aliphatic hydroxyl groups is 1. The number of carbonyl (C=O) groups is 1. The highest BCUT2D eigenvalue weighted by molar-refractivity contribution is 5.90. The van der Waals surface area contributed by atoms with E-state index in [1.165, 1.54) is 41.3 Å². The van der Waals surface area contributed by atoms with E-state index in [4.69, 9.17) is 4.74 Å². The van der Waals surface area contributed by atoms with Gasteiger partial charge < -0.3 is 9.84 Å². The number of rotatable bonds is 5. The number of cyclic esters (lactones) is 1. The second-order valence-electron chi connectivity index (χ2n) is 7.27. The molecule has 1 fully saturated rings. The zero-order valence-electron chi connectivity index (χ0n) is 16.2. The molecule has 1 heterocycles. The summed E-state index contributed by atoms with van der Waals surface area (Å²) >= 11 is 0. The molecule has 0 spiro atoms. The first-order valence-electron chi connectivity index (χ1n) is 9.75. The highest BCUT2D eigenvalue weighted by Crippen LogP contribution is 2.39. The molecule has 0 saturated carbocycles. The van der Waals surface area contributed by atoms with E-state index in [1.54, 1.807) is 6.07 Å². The topological polar surface area (TPSA) is 49.8 Å². The number of carbonyl (C=O) groups excluding carboxylic acids is 1. The fourth-order valence-electron chi connectivity index (χ4n) is 3.87. The summed E-state index contributed by atoms with van der Waals surface area (Å²) in [5.41, 5.74) is 1.21. The van der Waals surface area contributed by atoms with Crippen molar-refractivity contribution in [3.05, 3.63) is 90.0 Å². The van der Waals surface area contributed by atoms with Gasteiger partial charge >= 0.3 is 6.09 Å². The van der Waals surface area contributed by atoms with Gasteiger partial charge in [-0.3, -0.25) is 4.90 Å². The predicted octanol–water partition coefficient (Wildman–Crippen LogP) is 5.26. The Kier molecular flexibility index (Phi) is 5.50. The van der Waals surface area contributed by atoms with Crippen molar-refractivity contribution in [2.24, 2.45) is 0 Å². The van der Waals surface area contributed by atoms with Gasteiger partial charge in [-0.15, -0.1) is 0 Å². The monoisotopic (exact) mass is 409 g/mol. The number of amides is 1. The van der Waals surface area contributed by atoms with Gasteiger partial charge in [0.2, 0.25) is 0 Å².